The van der Waals surface area contributed by atoms with Crippen LogP contribution in [0.25, 0.3) is 0 Å². The molecule has 0 unspecified atom stereocenters. The van der Waals surface area contributed by atoms with Crippen LogP contribution < -0.4 is 0 Å². The number of hydrogen-bond donors (Lipinski definition) is 0. The summed E-state index contributed by atoms with van der Waals surface area (Å²) in [6, 6.07) is 19.6. The van der Waals surface area contributed by atoms with Gasteiger partial charge in [0.05, 0.1) is 0 Å². The van der Waals surface area contributed by atoms with E-state index in [4.69, 9.17) is 19.1 Å². The van der Waals surface area contributed by atoms with Crippen LogP contribution in [0.15, 0.2) is 71.0 Å². The molecule has 2 aromatic rings. The zero-order valence-corrected chi connectivity index (χ0v) is 13.1. The SMILES string of the molecule is c1ccc(CO/N=C2/CO/C(=N\OCc3ccccc3)CO2)cc1. The van der Waals surface area contributed by atoms with E-state index in [0.717, 1.165) is 11.1 Å². The third-order valence-electron chi connectivity index (χ3n) is 3.21. The molecule has 3 rings (SSSR count). The Balaban J connectivity index is 1.39. The minimum Gasteiger partial charge on any atom is -0.466 e. The number of nitrogens with zero attached hydrogens (tertiary/aromatic N) is 2. The summed E-state index contributed by atoms with van der Waals surface area (Å²) < 4.78 is 10.8. The first kappa shape index (κ1) is 15.9. The Labute approximate surface area is 140 Å². The lowest BCUT2D eigenvalue weighted by Gasteiger charge is -2.17. The van der Waals surface area contributed by atoms with Crippen LogP contribution in [0.2, 0.25) is 0 Å². The number of hydrogen-bond acceptors (Lipinski definition) is 6. The minimum atomic E-state index is 0.169. The second kappa shape index (κ2) is 8.57. The highest BCUT2D eigenvalue weighted by molar-refractivity contribution is 5.88. The molecule has 6 heteroatoms. The lowest BCUT2D eigenvalue weighted by atomic mass is 10.2. The summed E-state index contributed by atoms with van der Waals surface area (Å²) in [4.78, 5) is 10.5. The van der Waals surface area contributed by atoms with Crippen molar-refractivity contribution in [3.8, 4) is 0 Å². The molecule has 0 spiro atoms. The molecule has 2 aromatic carbocycles. The molecule has 6 nitrogen and oxygen atoms in total. The number of oxime groups is 2. The molecule has 1 aliphatic rings. The van der Waals surface area contributed by atoms with E-state index >= 15 is 0 Å². The highest BCUT2D eigenvalue weighted by Gasteiger charge is 2.16. The molecule has 0 bridgehead atoms. The summed E-state index contributed by atoms with van der Waals surface area (Å²) in [6.07, 6.45) is 0. The predicted molar refractivity (Wildman–Crippen MR) is 89.2 cm³/mol. The van der Waals surface area contributed by atoms with Crippen molar-refractivity contribution in [1.29, 1.82) is 0 Å². The van der Waals surface area contributed by atoms with Crippen LogP contribution in [0.3, 0.4) is 0 Å². The lowest BCUT2D eigenvalue weighted by Crippen LogP contribution is -2.29. The second-order valence-corrected chi connectivity index (χ2v) is 5.07. The van der Waals surface area contributed by atoms with Gasteiger partial charge < -0.3 is 19.1 Å². The van der Waals surface area contributed by atoms with Crippen molar-refractivity contribution in [3.05, 3.63) is 71.8 Å². The van der Waals surface area contributed by atoms with Gasteiger partial charge in [0.2, 0.25) is 0 Å². The second-order valence-electron chi connectivity index (χ2n) is 5.07. The van der Waals surface area contributed by atoms with Crippen LogP contribution in [0, 0.1) is 0 Å². The molecule has 1 fully saturated rings. The fraction of sp³-hybridized carbons (Fsp3) is 0.222. The van der Waals surface area contributed by atoms with E-state index in [9.17, 15) is 0 Å². The maximum Gasteiger partial charge on any atom is 0.264 e. The smallest absolute Gasteiger partial charge is 0.264 e. The van der Waals surface area contributed by atoms with Gasteiger partial charge in [0, 0.05) is 0 Å². The summed E-state index contributed by atoms with van der Waals surface area (Å²) in [6.45, 7) is 1.11. The Kier molecular flexibility index (Phi) is 5.66. The molecular weight excluding hydrogens is 308 g/mol. The Morgan fingerprint density at radius 2 is 1.08 bits per heavy atom. The molecule has 0 aliphatic carbocycles. The molecule has 0 radical (unpaired) electrons. The predicted octanol–water partition coefficient (Wildman–Crippen LogP) is 3.09. The molecule has 0 aromatic heterocycles. The van der Waals surface area contributed by atoms with Gasteiger partial charge in [-0.3, -0.25) is 0 Å². The Morgan fingerprint density at radius 1 is 0.667 bits per heavy atom. The van der Waals surface area contributed by atoms with Gasteiger partial charge in [0.25, 0.3) is 11.8 Å². The van der Waals surface area contributed by atoms with Crippen molar-refractivity contribution in [1.82, 2.24) is 0 Å². The Bertz CT molecular complexity index is 613. The van der Waals surface area contributed by atoms with Gasteiger partial charge in [0.1, 0.15) is 13.2 Å². The molecule has 0 saturated carbocycles. The standard InChI is InChI=1S/C18H18N2O4/c1-3-7-15(8-4-1)11-23-19-17-13-22-18(14-21-17)20-24-12-16-9-5-2-6-10-16/h1-10H,11-14H2/b19-17-,20-18-. The van der Waals surface area contributed by atoms with Crippen molar-refractivity contribution in [2.75, 3.05) is 13.2 Å². The molecule has 1 aliphatic heterocycles. The topological polar surface area (TPSA) is 61.6 Å². The van der Waals surface area contributed by atoms with Gasteiger partial charge in [-0.1, -0.05) is 60.7 Å². The average Bonchev–Trinajstić information content (AvgIpc) is 2.65. The maximum absolute atomic E-state index is 5.42. The summed E-state index contributed by atoms with van der Waals surface area (Å²) >= 11 is 0. The number of benzene rings is 2. The molecule has 0 amide bonds. The van der Waals surface area contributed by atoms with Gasteiger partial charge in [0.15, 0.2) is 13.2 Å². The first-order chi connectivity index (χ1) is 11.9. The molecule has 24 heavy (non-hydrogen) atoms. The molecule has 0 atom stereocenters. The third kappa shape index (κ3) is 5.01. The minimum absolute atomic E-state index is 0.169. The first-order valence-corrected chi connectivity index (χ1v) is 7.61. The van der Waals surface area contributed by atoms with Crippen LogP contribution in [0.4, 0.5) is 0 Å². The molecular formula is C18H18N2O4. The van der Waals surface area contributed by atoms with Crippen molar-refractivity contribution in [2.24, 2.45) is 10.3 Å². The van der Waals surface area contributed by atoms with Gasteiger partial charge in [-0.25, -0.2) is 0 Å². The van der Waals surface area contributed by atoms with E-state index in [2.05, 4.69) is 10.3 Å². The molecule has 0 N–H and O–H groups in total. The van der Waals surface area contributed by atoms with Gasteiger partial charge in [-0.15, -0.1) is 0 Å². The normalized spacial score (nSPS) is 17.2. The van der Waals surface area contributed by atoms with Crippen LogP contribution in [-0.2, 0) is 32.4 Å². The van der Waals surface area contributed by atoms with Crippen molar-refractivity contribution < 1.29 is 19.1 Å². The Morgan fingerprint density at radius 3 is 1.46 bits per heavy atom. The molecule has 1 saturated heterocycles. The van der Waals surface area contributed by atoms with E-state index in [1.165, 1.54) is 0 Å². The zero-order chi connectivity index (χ0) is 16.5. The first-order valence-electron chi connectivity index (χ1n) is 7.61. The fourth-order valence-corrected chi connectivity index (χ4v) is 1.98. The summed E-state index contributed by atoms with van der Waals surface area (Å²) in [5, 5.41) is 7.83. The molecule has 1 heterocycles. The van der Waals surface area contributed by atoms with E-state index in [0.29, 0.717) is 25.0 Å². The van der Waals surface area contributed by atoms with Crippen molar-refractivity contribution >= 4 is 11.8 Å². The van der Waals surface area contributed by atoms with Gasteiger partial charge in [-0.05, 0) is 21.4 Å². The van der Waals surface area contributed by atoms with Crippen LogP contribution in [0.5, 0.6) is 0 Å². The highest BCUT2D eigenvalue weighted by atomic mass is 16.7. The number of ether oxygens (including phenoxy) is 2. The summed E-state index contributed by atoms with van der Waals surface area (Å²) in [7, 11) is 0. The van der Waals surface area contributed by atoms with Crippen LogP contribution in [-0.4, -0.2) is 25.0 Å². The average molecular weight is 326 g/mol. The van der Waals surface area contributed by atoms with Gasteiger partial charge >= 0.3 is 0 Å². The summed E-state index contributed by atoms with van der Waals surface area (Å²) in [5.74, 6) is 0.765. The monoisotopic (exact) mass is 326 g/mol. The molecule has 124 valence electrons. The maximum atomic E-state index is 5.42. The van der Waals surface area contributed by atoms with E-state index in [1.54, 1.807) is 0 Å². The van der Waals surface area contributed by atoms with E-state index in [1.807, 2.05) is 60.7 Å². The zero-order valence-electron chi connectivity index (χ0n) is 13.1. The van der Waals surface area contributed by atoms with Crippen LogP contribution in [0.1, 0.15) is 11.1 Å². The van der Waals surface area contributed by atoms with Crippen molar-refractivity contribution in [3.63, 3.8) is 0 Å². The van der Waals surface area contributed by atoms with Gasteiger partial charge in [-0.2, -0.15) is 0 Å². The summed E-state index contributed by atoms with van der Waals surface area (Å²) in [5.41, 5.74) is 2.07. The Hall–Kier alpha value is -3.02. The highest BCUT2D eigenvalue weighted by Crippen LogP contribution is 2.05. The van der Waals surface area contributed by atoms with E-state index < -0.39 is 0 Å². The largest absolute Gasteiger partial charge is 0.466 e. The van der Waals surface area contributed by atoms with Crippen molar-refractivity contribution in [2.45, 2.75) is 13.2 Å². The lowest BCUT2D eigenvalue weighted by molar-refractivity contribution is 0.0960. The fourth-order valence-electron chi connectivity index (χ4n) is 1.98. The quantitative estimate of drug-likeness (QED) is 0.765. The number of rotatable bonds is 6. The third-order valence-corrected chi connectivity index (χ3v) is 3.21. The van der Waals surface area contributed by atoms with E-state index in [-0.39, 0.29) is 13.2 Å². The van der Waals surface area contributed by atoms with Crippen LogP contribution >= 0.6 is 0 Å².